The Labute approximate surface area is 125 Å². The van der Waals surface area contributed by atoms with E-state index < -0.39 is 11.4 Å². The number of hydrogen-bond acceptors (Lipinski definition) is 2. The number of carboxylic acids is 1. The molecule has 1 unspecified atom stereocenters. The molecule has 0 radical (unpaired) electrons. The molecular weight excluding hydrogens is 268 g/mol. The second-order valence-corrected chi connectivity index (χ2v) is 5.59. The molecule has 0 bridgehead atoms. The van der Waals surface area contributed by atoms with Crippen molar-refractivity contribution in [3.05, 3.63) is 29.8 Å². The molecule has 1 saturated heterocycles. The minimum Gasteiger partial charge on any atom is -0.481 e. The van der Waals surface area contributed by atoms with E-state index in [1.807, 2.05) is 31.2 Å². The third kappa shape index (κ3) is 3.17. The number of urea groups is 1. The van der Waals surface area contributed by atoms with Crippen molar-refractivity contribution < 1.29 is 14.7 Å². The predicted molar refractivity (Wildman–Crippen MR) is 81.4 cm³/mol. The van der Waals surface area contributed by atoms with Gasteiger partial charge in [-0.15, -0.1) is 0 Å². The zero-order valence-corrected chi connectivity index (χ0v) is 12.6. The summed E-state index contributed by atoms with van der Waals surface area (Å²) < 4.78 is 0. The van der Waals surface area contributed by atoms with Crippen molar-refractivity contribution in [2.75, 3.05) is 18.4 Å². The van der Waals surface area contributed by atoms with E-state index in [2.05, 4.69) is 12.2 Å². The number of carbonyl (C=O) groups is 2. The summed E-state index contributed by atoms with van der Waals surface area (Å²) in [5, 5.41) is 12.2. The lowest BCUT2D eigenvalue weighted by Crippen LogP contribution is -2.38. The number of aliphatic carboxylic acids is 1. The van der Waals surface area contributed by atoms with Crippen LogP contribution in [0.1, 0.15) is 32.3 Å². The summed E-state index contributed by atoms with van der Waals surface area (Å²) in [5.41, 5.74) is 1.12. The van der Waals surface area contributed by atoms with Crippen molar-refractivity contribution in [2.24, 2.45) is 5.41 Å². The summed E-state index contributed by atoms with van der Waals surface area (Å²) in [7, 11) is 0. The first-order chi connectivity index (χ1) is 10.0. The van der Waals surface area contributed by atoms with Gasteiger partial charge in [-0.2, -0.15) is 0 Å². The summed E-state index contributed by atoms with van der Waals surface area (Å²) >= 11 is 0. The van der Waals surface area contributed by atoms with Crippen molar-refractivity contribution in [1.82, 2.24) is 4.90 Å². The zero-order chi connectivity index (χ0) is 15.5. The van der Waals surface area contributed by atoms with Crippen molar-refractivity contribution in [2.45, 2.75) is 33.1 Å². The number of carboxylic acid groups (broad SMARTS) is 1. The van der Waals surface area contributed by atoms with Gasteiger partial charge in [-0.25, -0.2) is 4.79 Å². The molecule has 1 aliphatic heterocycles. The predicted octanol–water partition coefficient (Wildman–Crippen LogP) is 2.97. The largest absolute Gasteiger partial charge is 0.481 e. The molecule has 2 N–H and O–H groups in total. The van der Waals surface area contributed by atoms with Gasteiger partial charge in [0.2, 0.25) is 0 Å². The monoisotopic (exact) mass is 290 g/mol. The van der Waals surface area contributed by atoms with Gasteiger partial charge in [0.25, 0.3) is 0 Å². The Hall–Kier alpha value is -2.04. The third-order valence-corrected chi connectivity index (χ3v) is 4.36. The van der Waals surface area contributed by atoms with Crippen LogP contribution >= 0.6 is 0 Å². The SMILES string of the molecule is CCc1cccc(NC(=O)N2CCC(CC)(C(=O)O)C2)c1. The molecule has 5 nitrogen and oxygen atoms in total. The van der Waals surface area contributed by atoms with E-state index in [0.717, 1.165) is 17.7 Å². The van der Waals surface area contributed by atoms with E-state index >= 15 is 0 Å². The van der Waals surface area contributed by atoms with Crippen molar-refractivity contribution in [3.8, 4) is 0 Å². The van der Waals surface area contributed by atoms with Gasteiger partial charge in [0.15, 0.2) is 0 Å². The average molecular weight is 290 g/mol. The molecular formula is C16H22N2O3. The molecule has 5 heteroatoms. The average Bonchev–Trinajstić information content (AvgIpc) is 2.93. The highest BCUT2D eigenvalue weighted by Crippen LogP contribution is 2.34. The molecule has 114 valence electrons. The topological polar surface area (TPSA) is 69.6 Å². The standard InChI is InChI=1S/C16H22N2O3/c1-3-12-6-5-7-13(10-12)17-15(21)18-9-8-16(4-2,11-18)14(19)20/h5-7,10H,3-4,8-9,11H2,1-2H3,(H,17,21)(H,19,20). The van der Waals surface area contributed by atoms with Crippen LogP contribution in [0.5, 0.6) is 0 Å². The Kier molecular flexibility index (Phi) is 4.50. The molecule has 1 aromatic carbocycles. The molecule has 1 atom stereocenters. The van der Waals surface area contributed by atoms with Crippen molar-refractivity contribution in [1.29, 1.82) is 0 Å². The van der Waals surface area contributed by atoms with Crippen molar-refractivity contribution in [3.63, 3.8) is 0 Å². The van der Waals surface area contributed by atoms with Gasteiger partial charge < -0.3 is 15.3 Å². The summed E-state index contributed by atoms with van der Waals surface area (Å²) in [5.74, 6) is -0.812. The maximum atomic E-state index is 12.3. The molecule has 2 rings (SSSR count). The van der Waals surface area contributed by atoms with Gasteiger partial charge in [-0.3, -0.25) is 4.79 Å². The summed E-state index contributed by atoms with van der Waals surface area (Å²) in [6, 6.07) is 7.49. The molecule has 1 fully saturated rings. The Morgan fingerprint density at radius 3 is 2.71 bits per heavy atom. The summed E-state index contributed by atoms with van der Waals surface area (Å²) in [4.78, 5) is 25.3. The highest BCUT2D eigenvalue weighted by atomic mass is 16.4. The second-order valence-electron chi connectivity index (χ2n) is 5.59. The Morgan fingerprint density at radius 1 is 1.38 bits per heavy atom. The Bertz CT molecular complexity index is 544. The fraction of sp³-hybridized carbons (Fsp3) is 0.500. The first-order valence-electron chi connectivity index (χ1n) is 7.39. The maximum absolute atomic E-state index is 12.3. The lowest BCUT2D eigenvalue weighted by Gasteiger charge is -2.23. The molecule has 21 heavy (non-hydrogen) atoms. The minimum atomic E-state index is -0.812. The van der Waals surface area contributed by atoms with E-state index in [-0.39, 0.29) is 12.6 Å². The van der Waals surface area contributed by atoms with E-state index in [1.165, 1.54) is 0 Å². The molecule has 2 amide bonds. The number of amides is 2. The Morgan fingerprint density at radius 2 is 2.14 bits per heavy atom. The number of aryl methyl sites for hydroxylation is 1. The smallest absolute Gasteiger partial charge is 0.321 e. The van der Waals surface area contributed by atoms with E-state index in [0.29, 0.717) is 19.4 Å². The number of anilines is 1. The van der Waals surface area contributed by atoms with Crippen LogP contribution in [0.4, 0.5) is 10.5 Å². The summed E-state index contributed by atoms with van der Waals surface area (Å²) in [6.07, 6.45) is 1.96. The lowest BCUT2D eigenvalue weighted by atomic mass is 9.84. The van der Waals surface area contributed by atoms with E-state index in [1.54, 1.807) is 4.90 Å². The molecule has 0 spiro atoms. The van der Waals surface area contributed by atoms with Gasteiger partial charge in [0.05, 0.1) is 5.41 Å². The number of likely N-dealkylation sites (tertiary alicyclic amines) is 1. The normalized spacial score (nSPS) is 21.3. The van der Waals surface area contributed by atoms with Crippen LogP contribution in [0.3, 0.4) is 0 Å². The van der Waals surface area contributed by atoms with Crippen LogP contribution in [0.2, 0.25) is 0 Å². The molecule has 1 aromatic rings. The second kappa shape index (κ2) is 6.16. The number of hydrogen-bond donors (Lipinski definition) is 2. The van der Waals surface area contributed by atoms with Crippen molar-refractivity contribution >= 4 is 17.7 Å². The van der Waals surface area contributed by atoms with Gasteiger partial charge in [-0.05, 0) is 37.0 Å². The van der Waals surface area contributed by atoms with Crippen LogP contribution in [0.15, 0.2) is 24.3 Å². The highest BCUT2D eigenvalue weighted by molar-refractivity contribution is 5.90. The first-order valence-corrected chi connectivity index (χ1v) is 7.39. The molecule has 0 saturated carbocycles. The van der Waals surface area contributed by atoms with Crippen LogP contribution in [0, 0.1) is 5.41 Å². The van der Waals surface area contributed by atoms with Gasteiger partial charge in [0.1, 0.15) is 0 Å². The highest BCUT2D eigenvalue weighted by Gasteiger charge is 2.44. The maximum Gasteiger partial charge on any atom is 0.321 e. The number of nitrogens with zero attached hydrogens (tertiary/aromatic N) is 1. The zero-order valence-electron chi connectivity index (χ0n) is 12.6. The summed E-state index contributed by atoms with van der Waals surface area (Å²) in [6.45, 7) is 4.68. The van der Waals surface area contributed by atoms with Gasteiger partial charge in [0, 0.05) is 18.8 Å². The lowest BCUT2D eigenvalue weighted by molar-refractivity contribution is -0.148. The molecule has 0 aromatic heterocycles. The van der Waals surface area contributed by atoms with E-state index in [4.69, 9.17) is 0 Å². The number of benzene rings is 1. The minimum absolute atomic E-state index is 0.222. The number of rotatable bonds is 4. The van der Waals surface area contributed by atoms with Crippen LogP contribution < -0.4 is 5.32 Å². The fourth-order valence-corrected chi connectivity index (χ4v) is 2.73. The molecule has 0 aliphatic carbocycles. The Balaban J connectivity index is 2.03. The first kappa shape index (κ1) is 15.4. The van der Waals surface area contributed by atoms with Crippen LogP contribution in [-0.4, -0.2) is 35.1 Å². The number of carbonyl (C=O) groups excluding carboxylic acids is 1. The van der Waals surface area contributed by atoms with Gasteiger partial charge in [-0.1, -0.05) is 26.0 Å². The van der Waals surface area contributed by atoms with Crippen LogP contribution in [-0.2, 0) is 11.2 Å². The molecule has 1 aliphatic rings. The fourth-order valence-electron chi connectivity index (χ4n) is 2.73. The number of nitrogens with one attached hydrogen (secondary N) is 1. The third-order valence-electron chi connectivity index (χ3n) is 4.36. The van der Waals surface area contributed by atoms with Gasteiger partial charge >= 0.3 is 12.0 Å². The quantitative estimate of drug-likeness (QED) is 0.895. The van der Waals surface area contributed by atoms with E-state index in [9.17, 15) is 14.7 Å². The molecule has 1 heterocycles. The van der Waals surface area contributed by atoms with Crippen LogP contribution in [0.25, 0.3) is 0 Å².